The number of nitrogens with one attached hydrogen (secondary N) is 1. The lowest BCUT2D eigenvalue weighted by atomic mass is 9.85. The molecule has 0 fully saturated rings. The summed E-state index contributed by atoms with van der Waals surface area (Å²) in [7, 11) is 0. The van der Waals surface area contributed by atoms with Crippen molar-refractivity contribution in [3.63, 3.8) is 0 Å². The summed E-state index contributed by atoms with van der Waals surface area (Å²) in [5.41, 5.74) is 1.72. The van der Waals surface area contributed by atoms with Crippen LogP contribution in [0.2, 0.25) is 0 Å². The molecule has 1 aliphatic rings. The molecule has 2 aromatic rings. The predicted molar refractivity (Wildman–Crippen MR) is 97.7 cm³/mol. The molecule has 122 valence electrons. The van der Waals surface area contributed by atoms with Crippen molar-refractivity contribution in [1.82, 2.24) is 0 Å². The third kappa shape index (κ3) is 3.39. The van der Waals surface area contributed by atoms with Gasteiger partial charge in [0.25, 0.3) is 0 Å². The van der Waals surface area contributed by atoms with E-state index in [4.69, 9.17) is 23.2 Å². The van der Waals surface area contributed by atoms with E-state index in [2.05, 4.69) is 5.32 Å². The van der Waals surface area contributed by atoms with Gasteiger partial charge >= 0.3 is 0 Å². The van der Waals surface area contributed by atoms with Crippen molar-refractivity contribution in [2.45, 2.75) is 5.06 Å². The summed E-state index contributed by atoms with van der Waals surface area (Å²) in [6.07, 6.45) is 3.04. The number of rotatable bonds is 3. The number of carbonyl (C=O) groups excluding carboxylic acids is 1. The minimum Gasteiger partial charge on any atom is -0.370 e. The SMILES string of the molecule is O=C(Nc1ccccc1)C1C=C(Cl)C=C(c2ccccc2)C1(O)Cl. The van der Waals surface area contributed by atoms with E-state index in [1.54, 1.807) is 30.3 Å². The van der Waals surface area contributed by atoms with Crippen molar-refractivity contribution in [2.24, 2.45) is 5.92 Å². The molecule has 5 heteroatoms. The number of allylic oxidation sites excluding steroid dienone is 2. The highest BCUT2D eigenvalue weighted by molar-refractivity contribution is 6.36. The fourth-order valence-corrected chi connectivity index (χ4v) is 3.18. The van der Waals surface area contributed by atoms with Gasteiger partial charge in [-0.25, -0.2) is 0 Å². The first kappa shape index (κ1) is 16.8. The molecule has 0 aromatic heterocycles. The van der Waals surface area contributed by atoms with Crippen LogP contribution in [0.5, 0.6) is 0 Å². The first-order chi connectivity index (χ1) is 11.5. The molecule has 0 heterocycles. The summed E-state index contributed by atoms with van der Waals surface area (Å²) in [6.45, 7) is 0. The van der Waals surface area contributed by atoms with Crippen molar-refractivity contribution in [2.75, 3.05) is 5.32 Å². The standard InChI is InChI=1S/C19H15Cl2NO2/c20-14-11-16(13-7-3-1-4-8-13)19(21,24)17(12-14)18(23)22-15-9-5-2-6-10-15/h1-12,17,24H,(H,22,23). The van der Waals surface area contributed by atoms with Gasteiger partial charge in [0.15, 0.2) is 5.06 Å². The average Bonchev–Trinajstić information content (AvgIpc) is 2.58. The van der Waals surface area contributed by atoms with Crippen LogP contribution in [0.3, 0.4) is 0 Å². The Balaban J connectivity index is 1.92. The molecule has 0 saturated heterocycles. The van der Waals surface area contributed by atoms with Crippen LogP contribution >= 0.6 is 23.2 Å². The average molecular weight is 360 g/mol. The molecule has 2 atom stereocenters. The van der Waals surface area contributed by atoms with Gasteiger partial charge in [0.2, 0.25) is 5.91 Å². The molecule has 0 saturated carbocycles. The fourth-order valence-electron chi connectivity index (χ4n) is 2.62. The maximum absolute atomic E-state index is 12.6. The highest BCUT2D eigenvalue weighted by Crippen LogP contribution is 2.43. The molecule has 1 amide bonds. The van der Waals surface area contributed by atoms with Gasteiger partial charge in [0.05, 0.1) is 0 Å². The summed E-state index contributed by atoms with van der Waals surface area (Å²) >= 11 is 12.6. The van der Waals surface area contributed by atoms with Gasteiger partial charge in [-0.2, -0.15) is 0 Å². The monoisotopic (exact) mass is 359 g/mol. The molecule has 24 heavy (non-hydrogen) atoms. The number of aliphatic hydroxyl groups is 1. The number of halogens is 2. The second-order valence-corrected chi connectivity index (χ2v) is 6.49. The summed E-state index contributed by atoms with van der Waals surface area (Å²) < 4.78 is 0. The molecule has 2 unspecified atom stereocenters. The molecule has 3 rings (SSSR count). The van der Waals surface area contributed by atoms with Gasteiger partial charge in [-0.1, -0.05) is 71.7 Å². The van der Waals surface area contributed by atoms with Gasteiger partial charge in [-0.3, -0.25) is 4.79 Å². The molecule has 0 radical (unpaired) electrons. The van der Waals surface area contributed by atoms with Crippen LogP contribution in [-0.2, 0) is 4.79 Å². The van der Waals surface area contributed by atoms with E-state index in [-0.39, 0.29) is 0 Å². The highest BCUT2D eigenvalue weighted by Gasteiger charge is 2.44. The molecule has 0 aliphatic heterocycles. The molecule has 2 N–H and O–H groups in total. The Kier molecular flexibility index (Phi) is 4.76. The van der Waals surface area contributed by atoms with Crippen LogP contribution in [0.15, 0.2) is 77.8 Å². The molecule has 1 aliphatic carbocycles. The lowest BCUT2D eigenvalue weighted by Gasteiger charge is -2.33. The first-order valence-electron chi connectivity index (χ1n) is 7.40. The zero-order valence-corrected chi connectivity index (χ0v) is 14.1. The van der Waals surface area contributed by atoms with Crippen molar-refractivity contribution in [1.29, 1.82) is 0 Å². The Hall–Kier alpha value is -2.07. The number of hydrogen-bond acceptors (Lipinski definition) is 2. The predicted octanol–water partition coefficient (Wildman–Crippen LogP) is 4.39. The topological polar surface area (TPSA) is 49.3 Å². The van der Waals surface area contributed by atoms with Gasteiger partial charge < -0.3 is 10.4 Å². The number of hydrogen-bond donors (Lipinski definition) is 2. The summed E-state index contributed by atoms with van der Waals surface area (Å²) in [5, 5.41) is 12.1. The Morgan fingerprint density at radius 1 is 1.04 bits per heavy atom. The minimum atomic E-state index is -1.89. The summed E-state index contributed by atoms with van der Waals surface area (Å²) in [6, 6.07) is 18.1. The highest BCUT2D eigenvalue weighted by atomic mass is 35.5. The summed E-state index contributed by atoms with van der Waals surface area (Å²) in [4.78, 5) is 12.6. The molecule has 0 spiro atoms. The van der Waals surface area contributed by atoms with Crippen molar-refractivity contribution >= 4 is 40.4 Å². The lowest BCUT2D eigenvalue weighted by Crippen LogP contribution is -2.41. The third-order valence-corrected chi connectivity index (χ3v) is 4.48. The van der Waals surface area contributed by atoms with Crippen molar-refractivity contribution < 1.29 is 9.90 Å². The Labute approximate surface area is 150 Å². The second kappa shape index (κ2) is 6.81. The van der Waals surface area contributed by atoms with Crippen molar-refractivity contribution in [3.8, 4) is 0 Å². The molecular formula is C19H15Cl2NO2. The Bertz CT molecular complexity index is 799. The maximum Gasteiger partial charge on any atom is 0.235 e. The Morgan fingerprint density at radius 2 is 1.62 bits per heavy atom. The van der Waals surface area contributed by atoms with E-state index in [1.165, 1.54) is 6.08 Å². The zero-order valence-electron chi connectivity index (χ0n) is 12.6. The second-order valence-electron chi connectivity index (χ2n) is 5.48. The molecule has 3 nitrogen and oxygen atoms in total. The fraction of sp³-hybridized carbons (Fsp3) is 0.105. The zero-order chi connectivity index (χ0) is 17.2. The van der Waals surface area contributed by atoms with E-state index < -0.39 is 16.9 Å². The number of alkyl halides is 1. The maximum atomic E-state index is 12.6. The van der Waals surface area contributed by atoms with Crippen LogP contribution in [0.25, 0.3) is 5.57 Å². The minimum absolute atomic E-state index is 0.354. The van der Waals surface area contributed by atoms with Gasteiger partial charge in [0, 0.05) is 16.3 Å². The number of para-hydroxylation sites is 1. The number of carbonyl (C=O) groups is 1. The van der Waals surface area contributed by atoms with E-state index in [1.807, 2.05) is 36.4 Å². The van der Waals surface area contributed by atoms with E-state index in [9.17, 15) is 9.90 Å². The van der Waals surface area contributed by atoms with Crippen molar-refractivity contribution in [3.05, 3.63) is 83.4 Å². The van der Waals surface area contributed by atoms with E-state index >= 15 is 0 Å². The Morgan fingerprint density at radius 3 is 2.25 bits per heavy atom. The number of benzene rings is 2. The third-order valence-electron chi connectivity index (χ3n) is 3.81. The van der Waals surface area contributed by atoms with Gasteiger partial charge in [-0.15, -0.1) is 0 Å². The van der Waals surface area contributed by atoms with Gasteiger partial charge in [0.1, 0.15) is 5.92 Å². The van der Waals surface area contributed by atoms with Crippen LogP contribution < -0.4 is 5.32 Å². The first-order valence-corrected chi connectivity index (χ1v) is 8.16. The number of anilines is 1. The molecule has 2 aromatic carbocycles. The smallest absolute Gasteiger partial charge is 0.235 e. The quantitative estimate of drug-likeness (QED) is 0.798. The number of amides is 1. The van der Waals surface area contributed by atoms with Crippen LogP contribution in [-0.4, -0.2) is 16.1 Å². The largest absolute Gasteiger partial charge is 0.370 e. The van der Waals surface area contributed by atoms with Crippen LogP contribution in [0.4, 0.5) is 5.69 Å². The van der Waals surface area contributed by atoms with E-state index in [0.717, 1.165) is 0 Å². The van der Waals surface area contributed by atoms with Crippen LogP contribution in [0.1, 0.15) is 5.56 Å². The van der Waals surface area contributed by atoms with Gasteiger partial charge in [-0.05, 0) is 29.8 Å². The lowest BCUT2D eigenvalue weighted by molar-refractivity contribution is -0.121. The summed E-state index contributed by atoms with van der Waals surface area (Å²) in [5.74, 6) is -1.45. The molecular weight excluding hydrogens is 345 g/mol. The van der Waals surface area contributed by atoms with Crippen LogP contribution in [0, 0.1) is 5.92 Å². The normalized spacial score (nSPS) is 23.2. The molecule has 0 bridgehead atoms. The van der Waals surface area contributed by atoms with E-state index in [0.29, 0.717) is 21.9 Å².